The van der Waals surface area contributed by atoms with Crippen LogP contribution in [0.1, 0.15) is 27.9 Å². The van der Waals surface area contributed by atoms with Gasteiger partial charge in [0.25, 0.3) is 0 Å². The van der Waals surface area contributed by atoms with Crippen molar-refractivity contribution < 1.29 is 19.1 Å². The van der Waals surface area contributed by atoms with Crippen molar-refractivity contribution in [1.29, 1.82) is 0 Å². The molecule has 1 N–H and O–H groups in total. The third-order valence-electron chi connectivity index (χ3n) is 4.72. The maximum atomic E-state index is 12.6. The Labute approximate surface area is 158 Å². The molecule has 2 aromatic rings. The number of amides is 2. The Morgan fingerprint density at radius 3 is 2.48 bits per heavy atom. The van der Waals surface area contributed by atoms with Gasteiger partial charge in [-0.15, -0.1) is 0 Å². The van der Waals surface area contributed by atoms with Crippen LogP contribution in [0.2, 0.25) is 0 Å². The number of methoxy groups -OCH3 is 1. The van der Waals surface area contributed by atoms with Gasteiger partial charge in [-0.1, -0.05) is 12.1 Å². The Bertz CT molecular complexity index is 890. The van der Waals surface area contributed by atoms with Gasteiger partial charge in [0.15, 0.2) is 0 Å². The van der Waals surface area contributed by atoms with E-state index in [-0.39, 0.29) is 18.2 Å². The molecular weight excluding hydrogens is 344 g/mol. The zero-order chi connectivity index (χ0) is 19.6. The van der Waals surface area contributed by atoms with Gasteiger partial charge < -0.3 is 15.0 Å². The van der Waals surface area contributed by atoms with Crippen molar-refractivity contribution in [2.75, 3.05) is 23.9 Å². The summed E-state index contributed by atoms with van der Waals surface area (Å²) in [6, 6.07) is 12.4. The molecule has 1 fully saturated rings. The molecule has 0 saturated carbocycles. The molecule has 140 valence electrons. The van der Waals surface area contributed by atoms with E-state index in [1.54, 1.807) is 29.2 Å². The monoisotopic (exact) mass is 366 g/mol. The predicted octanol–water partition coefficient (Wildman–Crippen LogP) is 3.08. The van der Waals surface area contributed by atoms with Gasteiger partial charge in [0.2, 0.25) is 11.8 Å². The molecule has 0 aliphatic carbocycles. The first-order valence-electron chi connectivity index (χ1n) is 8.76. The molecule has 27 heavy (non-hydrogen) atoms. The molecular formula is C21H22N2O4. The van der Waals surface area contributed by atoms with Crippen molar-refractivity contribution in [3.8, 4) is 0 Å². The van der Waals surface area contributed by atoms with E-state index in [0.717, 1.165) is 16.8 Å². The molecule has 1 aliphatic heterocycles. The van der Waals surface area contributed by atoms with E-state index < -0.39 is 11.9 Å². The molecule has 1 aliphatic rings. The summed E-state index contributed by atoms with van der Waals surface area (Å²) < 4.78 is 4.65. The molecule has 6 nitrogen and oxygen atoms in total. The van der Waals surface area contributed by atoms with Crippen molar-refractivity contribution >= 4 is 29.2 Å². The van der Waals surface area contributed by atoms with Gasteiger partial charge in [0.05, 0.1) is 18.6 Å². The lowest BCUT2D eigenvalue weighted by molar-refractivity contribution is -0.122. The summed E-state index contributed by atoms with van der Waals surface area (Å²) in [5, 5.41) is 2.82. The third-order valence-corrected chi connectivity index (χ3v) is 4.72. The zero-order valence-corrected chi connectivity index (χ0v) is 15.6. The van der Waals surface area contributed by atoms with Crippen LogP contribution in [0.15, 0.2) is 42.5 Å². The minimum Gasteiger partial charge on any atom is -0.465 e. The Kier molecular flexibility index (Phi) is 5.26. The smallest absolute Gasteiger partial charge is 0.337 e. The summed E-state index contributed by atoms with van der Waals surface area (Å²) in [6.45, 7) is 4.29. The highest BCUT2D eigenvalue weighted by Crippen LogP contribution is 2.29. The van der Waals surface area contributed by atoms with Crippen LogP contribution >= 0.6 is 0 Å². The first-order valence-corrected chi connectivity index (χ1v) is 8.76. The summed E-state index contributed by atoms with van der Waals surface area (Å²) in [5.41, 5.74) is 3.92. The first-order chi connectivity index (χ1) is 12.9. The second-order valence-electron chi connectivity index (χ2n) is 6.75. The highest BCUT2D eigenvalue weighted by molar-refractivity contribution is 6.04. The van der Waals surface area contributed by atoms with Crippen LogP contribution in [0.25, 0.3) is 0 Å². The van der Waals surface area contributed by atoms with E-state index in [2.05, 4.69) is 10.1 Å². The minimum absolute atomic E-state index is 0.0510. The van der Waals surface area contributed by atoms with Gasteiger partial charge >= 0.3 is 5.97 Å². The number of ether oxygens (including phenoxy) is 1. The van der Waals surface area contributed by atoms with Crippen LogP contribution in [0, 0.1) is 19.8 Å². The average Bonchev–Trinajstić information content (AvgIpc) is 3.05. The molecule has 1 saturated heterocycles. The van der Waals surface area contributed by atoms with Crippen LogP contribution in [-0.2, 0) is 14.3 Å². The van der Waals surface area contributed by atoms with E-state index in [9.17, 15) is 14.4 Å². The summed E-state index contributed by atoms with van der Waals surface area (Å²) in [7, 11) is 1.32. The van der Waals surface area contributed by atoms with Crippen molar-refractivity contribution in [2.45, 2.75) is 20.3 Å². The third kappa shape index (κ3) is 4.00. The fourth-order valence-corrected chi connectivity index (χ4v) is 3.18. The number of carbonyl (C=O) groups excluding carboxylic acids is 3. The van der Waals surface area contributed by atoms with Gasteiger partial charge in [-0.2, -0.15) is 0 Å². The van der Waals surface area contributed by atoms with Crippen molar-refractivity contribution in [2.24, 2.45) is 5.92 Å². The molecule has 0 radical (unpaired) electrons. The van der Waals surface area contributed by atoms with E-state index >= 15 is 0 Å². The predicted molar refractivity (Wildman–Crippen MR) is 103 cm³/mol. The number of anilines is 2. The topological polar surface area (TPSA) is 75.7 Å². The number of nitrogens with one attached hydrogen (secondary N) is 1. The standard InChI is InChI=1S/C21H22N2O4/c1-13-4-5-14(2)18(10-13)23-12-16(11-19(23)24)20(25)22-17-8-6-15(7-9-17)21(26)27-3/h4-10,16H,11-12H2,1-3H3,(H,22,25)/t16-/m0/s1. The number of rotatable bonds is 4. The molecule has 0 aromatic heterocycles. The maximum absolute atomic E-state index is 12.6. The normalized spacial score (nSPS) is 16.3. The quantitative estimate of drug-likeness (QED) is 0.844. The molecule has 2 amide bonds. The fraction of sp³-hybridized carbons (Fsp3) is 0.286. The molecule has 1 heterocycles. The number of carbonyl (C=O) groups is 3. The van der Waals surface area contributed by atoms with Crippen LogP contribution in [0.4, 0.5) is 11.4 Å². The summed E-state index contributed by atoms with van der Waals surface area (Å²) >= 11 is 0. The number of benzene rings is 2. The van der Waals surface area contributed by atoms with E-state index in [1.165, 1.54) is 7.11 Å². The fourth-order valence-electron chi connectivity index (χ4n) is 3.18. The van der Waals surface area contributed by atoms with Crippen LogP contribution in [-0.4, -0.2) is 31.4 Å². The average molecular weight is 366 g/mol. The largest absolute Gasteiger partial charge is 0.465 e. The van der Waals surface area contributed by atoms with E-state index in [4.69, 9.17) is 0 Å². The van der Waals surface area contributed by atoms with Crippen LogP contribution in [0.3, 0.4) is 0 Å². The number of esters is 1. The van der Waals surface area contributed by atoms with Gasteiger partial charge in [0, 0.05) is 24.3 Å². The highest BCUT2D eigenvalue weighted by atomic mass is 16.5. The molecule has 6 heteroatoms. The second kappa shape index (κ2) is 7.61. The molecule has 2 aromatic carbocycles. The zero-order valence-electron chi connectivity index (χ0n) is 15.6. The maximum Gasteiger partial charge on any atom is 0.337 e. The molecule has 0 spiro atoms. The summed E-state index contributed by atoms with van der Waals surface area (Å²) in [5.74, 6) is -1.11. The molecule has 0 bridgehead atoms. The van der Waals surface area contributed by atoms with Crippen molar-refractivity contribution in [1.82, 2.24) is 0 Å². The lowest BCUT2D eigenvalue weighted by Gasteiger charge is -2.19. The number of hydrogen-bond acceptors (Lipinski definition) is 4. The Morgan fingerprint density at radius 1 is 1.11 bits per heavy atom. The van der Waals surface area contributed by atoms with Gasteiger partial charge in [-0.25, -0.2) is 4.79 Å². The van der Waals surface area contributed by atoms with Gasteiger partial charge in [-0.05, 0) is 55.3 Å². The van der Waals surface area contributed by atoms with Crippen molar-refractivity contribution in [3.05, 3.63) is 59.2 Å². The van der Waals surface area contributed by atoms with E-state index in [1.807, 2.05) is 32.0 Å². The molecule has 1 atom stereocenters. The molecule has 0 unspecified atom stereocenters. The van der Waals surface area contributed by atoms with Gasteiger partial charge in [-0.3, -0.25) is 9.59 Å². The number of aryl methyl sites for hydroxylation is 2. The van der Waals surface area contributed by atoms with Crippen LogP contribution in [0.5, 0.6) is 0 Å². The lowest BCUT2D eigenvalue weighted by atomic mass is 10.1. The number of nitrogens with zero attached hydrogens (tertiary/aromatic N) is 1. The first kappa shape index (κ1) is 18.6. The lowest BCUT2D eigenvalue weighted by Crippen LogP contribution is -2.28. The van der Waals surface area contributed by atoms with Crippen LogP contribution < -0.4 is 10.2 Å². The van der Waals surface area contributed by atoms with Crippen molar-refractivity contribution in [3.63, 3.8) is 0 Å². The van der Waals surface area contributed by atoms with Gasteiger partial charge in [0.1, 0.15) is 0 Å². The SMILES string of the molecule is COC(=O)c1ccc(NC(=O)[C@H]2CC(=O)N(c3cc(C)ccc3C)C2)cc1. The Morgan fingerprint density at radius 2 is 1.81 bits per heavy atom. The highest BCUT2D eigenvalue weighted by Gasteiger charge is 2.35. The Hall–Kier alpha value is -3.15. The summed E-state index contributed by atoms with van der Waals surface area (Å²) in [4.78, 5) is 38.2. The molecule has 3 rings (SSSR count). The number of hydrogen-bond donors (Lipinski definition) is 1. The Balaban J connectivity index is 1.69. The summed E-state index contributed by atoms with van der Waals surface area (Å²) in [6.07, 6.45) is 0.180. The van der Waals surface area contributed by atoms with E-state index in [0.29, 0.717) is 17.8 Å². The second-order valence-corrected chi connectivity index (χ2v) is 6.75. The minimum atomic E-state index is -0.432.